The van der Waals surface area contributed by atoms with Crippen molar-refractivity contribution in [2.45, 2.75) is 43.4 Å². The summed E-state index contributed by atoms with van der Waals surface area (Å²) in [5.41, 5.74) is -2.25. The van der Waals surface area contributed by atoms with Crippen LogP contribution in [-0.2, 0) is 16.2 Å². The van der Waals surface area contributed by atoms with E-state index in [1.807, 2.05) is 0 Å². The number of hydrogen-bond acceptors (Lipinski definition) is 3. The van der Waals surface area contributed by atoms with Crippen molar-refractivity contribution in [2.24, 2.45) is 0 Å². The average Bonchev–Trinajstić information content (AvgIpc) is 2.44. The Kier molecular flexibility index (Phi) is 5.40. The molecule has 120 valence electrons. The third-order valence-electron chi connectivity index (χ3n) is 3.38. The van der Waals surface area contributed by atoms with Gasteiger partial charge in [-0.25, -0.2) is 13.1 Å². The predicted octanol–water partition coefficient (Wildman–Crippen LogP) is 2.53. The van der Waals surface area contributed by atoms with Crippen molar-refractivity contribution in [3.05, 3.63) is 29.8 Å². The molecule has 0 saturated carbocycles. The second-order valence-electron chi connectivity index (χ2n) is 4.78. The highest BCUT2D eigenvalue weighted by Gasteiger charge is 2.32. The minimum atomic E-state index is -4.61. The van der Waals surface area contributed by atoms with Crippen molar-refractivity contribution < 1.29 is 26.7 Å². The molecule has 0 unspecified atom stereocenters. The summed E-state index contributed by atoms with van der Waals surface area (Å²) in [5.74, 6) is 0. The van der Waals surface area contributed by atoms with Gasteiger partial charge < -0.3 is 5.11 Å². The Morgan fingerprint density at radius 3 is 2.24 bits per heavy atom. The molecule has 0 amide bonds. The van der Waals surface area contributed by atoms with Gasteiger partial charge in [0.25, 0.3) is 0 Å². The van der Waals surface area contributed by atoms with Crippen molar-refractivity contribution in [3.8, 4) is 0 Å². The summed E-state index contributed by atoms with van der Waals surface area (Å²) in [6.45, 7) is 3.14. The molecule has 0 aliphatic rings. The molecule has 0 atom stereocenters. The van der Waals surface area contributed by atoms with E-state index >= 15 is 0 Å². The van der Waals surface area contributed by atoms with E-state index in [1.54, 1.807) is 13.8 Å². The SMILES string of the molecule is CCC(O)(CC)CNS(=O)(=O)c1cccc(C(F)(F)F)c1. The largest absolute Gasteiger partial charge is 0.416 e. The number of nitrogens with one attached hydrogen (secondary N) is 1. The molecule has 2 N–H and O–H groups in total. The number of halogens is 3. The quantitative estimate of drug-likeness (QED) is 0.845. The van der Waals surface area contributed by atoms with Crippen molar-refractivity contribution >= 4 is 10.0 Å². The van der Waals surface area contributed by atoms with Crippen LogP contribution in [0, 0.1) is 0 Å². The third kappa shape index (κ3) is 4.69. The van der Waals surface area contributed by atoms with E-state index in [2.05, 4.69) is 4.72 Å². The van der Waals surface area contributed by atoms with Gasteiger partial charge in [0, 0.05) is 6.54 Å². The number of rotatable bonds is 6. The minimum absolute atomic E-state index is 0.251. The van der Waals surface area contributed by atoms with Gasteiger partial charge in [-0.2, -0.15) is 13.2 Å². The van der Waals surface area contributed by atoms with Gasteiger partial charge in [0.15, 0.2) is 0 Å². The Bertz CT molecular complexity index is 581. The smallest absolute Gasteiger partial charge is 0.389 e. The summed E-state index contributed by atoms with van der Waals surface area (Å²) in [5, 5.41) is 10.0. The van der Waals surface area contributed by atoms with Crippen molar-refractivity contribution in [1.82, 2.24) is 4.72 Å². The lowest BCUT2D eigenvalue weighted by atomic mass is 9.98. The fourth-order valence-corrected chi connectivity index (χ4v) is 2.82. The fourth-order valence-electron chi connectivity index (χ4n) is 1.65. The third-order valence-corrected chi connectivity index (χ3v) is 4.78. The molecule has 0 aliphatic carbocycles. The zero-order valence-corrected chi connectivity index (χ0v) is 12.6. The zero-order valence-electron chi connectivity index (χ0n) is 11.7. The molecule has 1 aromatic carbocycles. The van der Waals surface area contributed by atoms with E-state index < -0.39 is 32.3 Å². The molecular formula is C13H18F3NO3S. The summed E-state index contributed by atoms with van der Waals surface area (Å²) in [4.78, 5) is -0.480. The van der Waals surface area contributed by atoms with E-state index in [9.17, 15) is 26.7 Å². The van der Waals surface area contributed by atoms with Crippen molar-refractivity contribution in [2.75, 3.05) is 6.54 Å². The zero-order chi connectivity index (χ0) is 16.3. The van der Waals surface area contributed by atoms with Gasteiger partial charge in [0.2, 0.25) is 10.0 Å². The number of sulfonamides is 1. The number of alkyl halides is 3. The van der Waals surface area contributed by atoms with Gasteiger partial charge in [0.1, 0.15) is 0 Å². The molecule has 0 bridgehead atoms. The van der Waals surface area contributed by atoms with E-state index in [-0.39, 0.29) is 6.54 Å². The molecule has 8 heteroatoms. The summed E-state index contributed by atoms with van der Waals surface area (Å²) in [7, 11) is -4.11. The minimum Gasteiger partial charge on any atom is -0.389 e. The summed E-state index contributed by atoms with van der Waals surface area (Å²) in [6.07, 6.45) is -3.96. The summed E-state index contributed by atoms with van der Waals surface area (Å²) < 4.78 is 63.9. The Morgan fingerprint density at radius 2 is 1.76 bits per heavy atom. The second-order valence-corrected chi connectivity index (χ2v) is 6.55. The van der Waals surface area contributed by atoms with Gasteiger partial charge >= 0.3 is 6.18 Å². The first-order valence-electron chi connectivity index (χ1n) is 6.43. The monoisotopic (exact) mass is 325 g/mol. The highest BCUT2D eigenvalue weighted by Crippen LogP contribution is 2.30. The van der Waals surface area contributed by atoms with Crippen molar-refractivity contribution in [1.29, 1.82) is 0 Å². The maximum absolute atomic E-state index is 12.6. The lowest BCUT2D eigenvalue weighted by Gasteiger charge is -2.25. The Balaban J connectivity index is 2.99. The van der Waals surface area contributed by atoms with E-state index in [4.69, 9.17) is 0 Å². The van der Waals surface area contributed by atoms with Gasteiger partial charge in [-0.15, -0.1) is 0 Å². The van der Waals surface area contributed by atoms with Crippen LogP contribution in [0.5, 0.6) is 0 Å². The average molecular weight is 325 g/mol. The van der Waals surface area contributed by atoms with Crippen LogP contribution in [0.1, 0.15) is 32.3 Å². The number of aliphatic hydroxyl groups is 1. The van der Waals surface area contributed by atoms with Crippen molar-refractivity contribution in [3.63, 3.8) is 0 Å². The van der Waals surface area contributed by atoms with Gasteiger partial charge in [-0.05, 0) is 31.0 Å². The number of hydrogen-bond donors (Lipinski definition) is 2. The first-order valence-corrected chi connectivity index (χ1v) is 7.92. The molecule has 1 aromatic rings. The molecule has 1 rings (SSSR count). The Hall–Kier alpha value is -1.12. The van der Waals surface area contributed by atoms with Crippen LogP contribution in [0.2, 0.25) is 0 Å². The Labute approximate surface area is 122 Å². The van der Waals surface area contributed by atoms with E-state index in [0.29, 0.717) is 18.9 Å². The second kappa shape index (κ2) is 6.33. The molecule has 0 saturated heterocycles. The molecule has 0 spiro atoms. The lowest BCUT2D eigenvalue weighted by Crippen LogP contribution is -2.42. The van der Waals surface area contributed by atoms with Crippen LogP contribution >= 0.6 is 0 Å². The van der Waals surface area contributed by atoms with Crippen LogP contribution in [-0.4, -0.2) is 25.7 Å². The van der Waals surface area contributed by atoms with Crippen LogP contribution in [0.25, 0.3) is 0 Å². The highest BCUT2D eigenvalue weighted by molar-refractivity contribution is 7.89. The predicted molar refractivity (Wildman–Crippen MR) is 72.2 cm³/mol. The van der Waals surface area contributed by atoms with Gasteiger partial charge in [0.05, 0.1) is 16.1 Å². The van der Waals surface area contributed by atoms with Crippen LogP contribution in [0.15, 0.2) is 29.2 Å². The standard InChI is InChI=1S/C13H18F3NO3S/c1-3-12(18,4-2)9-17-21(19,20)11-7-5-6-10(8-11)13(14,15)16/h5-8,17-18H,3-4,9H2,1-2H3. The van der Waals surface area contributed by atoms with Crippen LogP contribution in [0.4, 0.5) is 13.2 Å². The van der Waals surface area contributed by atoms with Gasteiger partial charge in [-0.3, -0.25) is 0 Å². The first kappa shape index (κ1) is 17.9. The summed E-state index contributed by atoms with van der Waals surface area (Å²) in [6, 6.07) is 3.48. The molecular weight excluding hydrogens is 307 g/mol. The van der Waals surface area contributed by atoms with E-state index in [0.717, 1.165) is 18.2 Å². The molecule has 4 nitrogen and oxygen atoms in total. The van der Waals surface area contributed by atoms with Crippen LogP contribution in [0.3, 0.4) is 0 Å². The highest BCUT2D eigenvalue weighted by atomic mass is 32.2. The number of benzene rings is 1. The molecule has 0 radical (unpaired) electrons. The lowest BCUT2D eigenvalue weighted by molar-refractivity contribution is -0.137. The molecule has 0 aliphatic heterocycles. The molecule has 21 heavy (non-hydrogen) atoms. The van der Waals surface area contributed by atoms with E-state index in [1.165, 1.54) is 0 Å². The van der Waals surface area contributed by atoms with Gasteiger partial charge in [-0.1, -0.05) is 19.9 Å². The van der Waals surface area contributed by atoms with Crippen LogP contribution < -0.4 is 4.72 Å². The fraction of sp³-hybridized carbons (Fsp3) is 0.538. The summed E-state index contributed by atoms with van der Waals surface area (Å²) >= 11 is 0. The molecule has 0 heterocycles. The normalized spacial score (nSPS) is 13.4. The molecule has 0 fully saturated rings. The maximum Gasteiger partial charge on any atom is 0.416 e. The Morgan fingerprint density at radius 1 is 1.19 bits per heavy atom. The maximum atomic E-state index is 12.6. The molecule has 0 aromatic heterocycles. The first-order chi connectivity index (χ1) is 9.54. The topological polar surface area (TPSA) is 66.4 Å².